The van der Waals surface area contributed by atoms with Gasteiger partial charge in [-0.05, 0) is 0 Å². The lowest BCUT2D eigenvalue weighted by Gasteiger charge is -2.19. The molecule has 0 heterocycles. The quantitative estimate of drug-likeness (QED) is 0.408. The highest BCUT2D eigenvalue weighted by Gasteiger charge is 2.07. The monoisotopic (exact) mass is 230 g/mol. The first-order chi connectivity index (χ1) is 7.60. The zero-order valence-electron chi connectivity index (χ0n) is 9.22. The molecule has 0 aromatic rings. The van der Waals surface area contributed by atoms with Gasteiger partial charge in [-0.15, -0.1) is 6.58 Å². The number of nitrogens with zero attached hydrogens (tertiary/aromatic N) is 1. The third-order valence-electron chi connectivity index (χ3n) is 1.87. The van der Waals surface area contributed by atoms with Crippen LogP contribution < -0.4 is 5.73 Å². The number of carboxylic acids is 1. The van der Waals surface area contributed by atoms with Crippen molar-refractivity contribution in [3.05, 3.63) is 12.7 Å². The molecule has 0 rings (SSSR count). The van der Waals surface area contributed by atoms with Crippen LogP contribution in [-0.2, 0) is 14.3 Å². The number of hydrogen-bond acceptors (Lipinski definition) is 5. The number of carboxylic acid groups (broad SMARTS) is 1. The van der Waals surface area contributed by atoms with Crippen LogP contribution in [-0.4, -0.2) is 54.7 Å². The number of rotatable bonds is 9. The molecule has 16 heavy (non-hydrogen) atoms. The first kappa shape index (κ1) is 14.6. The average molecular weight is 230 g/mol. The van der Waals surface area contributed by atoms with Gasteiger partial charge in [0.05, 0.1) is 13.0 Å². The predicted octanol–water partition coefficient (Wildman–Crippen LogP) is -0.549. The topological polar surface area (TPSA) is 92.9 Å². The second-order valence-electron chi connectivity index (χ2n) is 3.16. The van der Waals surface area contributed by atoms with Crippen LogP contribution >= 0.6 is 0 Å². The summed E-state index contributed by atoms with van der Waals surface area (Å²) >= 11 is 0. The summed E-state index contributed by atoms with van der Waals surface area (Å²) < 4.78 is 4.79. The van der Waals surface area contributed by atoms with Gasteiger partial charge in [0, 0.05) is 19.6 Å². The SMILES string of the molecule is C=CCN(CCOC(=O)CN)CCC(=O)O. The maximum Gasteiger partial charge on any atom is 0.319 e. The van der Waals surface area contributed by atoms with E-state index in [-0.39, 0.29) is 19.6 Å². The molecular formula is C10H18N2O4. The molecule has 0 saturated heterocycles. The second-order valence-corrected chi connectivity index (χ2v) is 3.16. The summed E-state index contributed by atoms with van der Waals surface area (Å²) in [7, 11) is 0. The standard InChI is InChI=1S/C10H18N2O4/c1-2-4-12(5-3-9(13)14)6-7-16-10(15)8-11/h2H,1,3-8,11H2,(H,13,14). The van der Waals surface area contributed by atoms with Gasteiger partial charge in [0.15, 0.2) is 0 Å². The molecule has 0 aliphatic heterocycles. The normalized spacial score (nSPS) is 10.1. The van der Waals surface area contributed by atoms with Gasteiger partial charge in [0.1, 0.15) is 6.61 Å². The van der Waals surface area contributed by atoms with Crippen LogP contribution in [0.25, 0.3) is 0 Å². The Morgan fingerprint density at radius 2 is 2.12 bits per heavy atom. The van der Waals surface area contributed by atoms with Crippen molar-refractivity contribution < 1.29 is 19.4 Å². The minimum absolute atomic E-state index is 0.0542. The number of aliphatic carboxylic acids is 1. The van der Waals surface area contributed by atoms with Gasteiger partial charge in [-0.1, -0.05) is 6.08 Å². The molecule has 0 aromatic carbocycles. The molecule has 6 heteroatoms. The second kappa shape index (κ2) is 8.87. The Bertz CT molecular complexity index is 243. The van der Waals surface area contributed by atoms with E-state index in [1.165, 1.54) is 0 Å². The van der Waals surface area contributed by atoms with E-state index in [4.69, 9.17) is 15.6 Å². The van der Waals surface area contributed by atoms with E-state index < -0.39 is 11.9 Å². The third kappa shape index (κ3) is 7.95. The van der Waals surface area contributed by atoms with E-state index in [2.05, 4.69) is 6.58 Å². The maximum absolute atomic E-state index is 10.7. The molecule has 0 spiro atoms. The highest BCUT2D eigenvalue weighted by molar-refractivity contribution is 5.71. The molecule has 6 nitrogen and oxygen atoms in total. The van der Waals surface area contributed by atoms with Crippen molar-refractivity contribution in [2.75, 3.05) is 32.8 Å². The Balaban J connectivity index is 3.79. The van der Waals surface area contributed by atoms with Gasteiger partial charge in [0.2, 0.25) is 0 Å². The highest BCUT2D eigenvalue weighted by Crippen LogP contribution is 1.93. The minimum Gasteiger partial charge on any atom is -0.481 e. The van der Waals surface area contributed by atoms with Crippen molar-refractivity contribution in [1.82, 2.24) is 4.90 Å². The van der Waals surface area contributed by atoms with E-state index in [1.54, 1.807) is 6.08 Å². The lowest BCUT2D eigenvalue weighted by molar-refractivity contribution is -0.143. The minimum atomic E-state index is -0.854. The number of carbonyl (C=O) groups excluding carboxylic acids is 1. The predicted molar refractivity (Wildman–Crippen MR) is 58.9 cm³/mol. The molecule has 3 N–H and O–H groups in total. The Kier molecular flexibility index (Phi) is 8.10. The molecule has 0 saturated carbocycles. The largest absolute Gasteiger partial charge is 0.481 e. The van der Waals surface area contributed by atoms with Gasteiger partial charge < -0.3 is 15.6 Å². The smallest absolute Gasteiger partial charge is 0.319 e. The van der Waals surface area contributed by atoms with Crippen LogP contribution in [0.15, 0.2) is 12.7 Å². The number of esters is 1. The third-order valence-corrected chi connectivity index (χ3v) is 1.87. The molecule has 0 atom stereocenters. The van der Waals surface area contributed by atoms with Gasteiger partial charge in [-0.25, -0.2) is 0 Å². The van der Waals surface area contributed by atoms with Gasteiger partial charge in [-0.3, -0.25) is 14.5 Å². The Labute approximate surface area is 94.7 Å². The number of ether oxygens (including phenoxy) is 1. The van der Waals surface area contributed by atoms with E-state index in [0.29, 0.717) is 19.6 Å². The number of nitrogens with two attached hydrogens (primary N) is 1. The summed E-state index contributed by atoms with van der Waals surface area (Å²) in [5.41, 5.74) is 5.06. The van der Waals surface area contributed by atoms with Crippen LogP contribution in [0.3, 0.4) is 0 Å². The fourth-order valence-electron chi connectivity index (χ4n) is 1.08. The summed E-state index contributed by atoms with van der Waals surface area (Å²) in [5, 5.41) is 8.53. The Morgan fingerprint density at radius 1 is 1.44 bits per heavy atom. The highest BCUT2D eigenvalue weighted by atomic mass is 16.5. The molecule has 0 bridgehead atoms. The molecular weight excluding hydrogens is 212 g/mol. The Hall–Kier alpha value is -1.40. The summed E-state index contributed by atoms with van der Waals surface area (Å²) in [6.07, 6.45) is 1.73. The molecule has 0 amide bonds. The van der Waals surface area contributed by atoms with E-state index in [0.717, 1.165) is 0 Å². The summed E-state index contributed by atoms with van der Waals surface area (Å²) in [6.45, 7) is 5.08. The maximum atomic E-state index is 10.7. The first-order valence-corrected chi connectivity index (χ1v) is 5.01. The Morgan fingerprint density at radius 3 is 2.62 bits per heavy atom. The lowest BCUT2D eigenvalue weighted by atomic mass is 10.3. The van der Waals surface area contributed by atoms with Crippen molar-refractivity contribution in [2.24, 2.45) is 5.73 Å². The first-order valence-electron chi connectivity index (χ1n) is 5.01. The zero-order chi connectivity index (χ0) is 12.4. The molecule has 0 aromatic heterocycles. The van der Waals surface area contributed by atoms with Crippen LogP contribution in [0.5, 0.6) is 0 Å². The summed E-state index contributed by atoms with van der Waals surface area (Å²) in [5.74, 6) is -1.31. The molecule has 0 radical (unpaired) electrons. The molecule has 92 valence electrons. The average Bonchev–Trinajstić information content (AvgIpc) is 2.25. The molecule has 0 fully saturated rings. The van der Waals surface area contributed by atoms with Crippen LogP contribution in [0.1, 0.15) is 6.42 Å². The van der Waals surface area contributed by atoms with Crippen molar-refractivity contribution in [3.63, 3.8) is 0 Å². The zero-order valence-corrected chi connectivity index (χ0v) is 9.22. The molecule has 0 aliphatic rings. The van der Waals surface area contributed by atoms with Gasteiger partial charge >= 0.3 is 11.9 Å². The van der Waals surface area contributed by atoms with Gasteiger partial charge in [0.25, 0.3) is 0 Å². The van der Waals surface area contributed by atoms with E-state index in [1.807, 2.05) is 4.90 Å². The summed E-state index contributed by atoms with van der Waals surface area (Å²) in [6, 6.07) is 0. The van der Waals surface area contributed by atoms with Crippen molar-refractivity contribution >= 4 is 11.9 Å². The van der Waals surface area contributed by atoms with E-state index >= 15 is 0 Å². The van der Waals surface area contributed by atoms with Crippen molar-refractivity contribution in [1.29, 1.82) is 0 Å². The molecule has 0 unspecified atom stereocenters. The number of carbonyl (C=O) groups is 2. The fraction of sp³-hybridized carbons (Fsp3) is 0.600. The van der Waals surface area contributed by atoms with Crippen molar-refractivity contribution in [2.45, 2.75) is 6.42 Å². The summed E-state index contributed by atoms with van der Waals surface area (Å²) in [4.78, 5) is 23.0. The van der Waals surface area contributed by atoms with Crippen molar-refractivity contribution in [3.8, 4) is 0 Å². The van der Waals surface area contributed by atoms with Gasteiger partial charge in [-0.2, -0.15) is 0 Å². The van der Waals surface area contributed by atoms with E-state index in [9.17, 15) is 9.59 Å². The van der Waals surface area contributed by atoms with Crippen LogP contribution in [0.4, 0.5) is 0 Å². The van der Waals surface area contributed by atoms with Crippen LogP contribution in [0, 0.1) is 0 Å². The number of hydrogen-bond donors (Lipinski definition) is 2. The van der Waals surface area contributed by atoms with Crippen LogP contribution in [0.2, 0.25) is 0 Å². The molecule has 0 aliphatic carbocycles. The fourth-order valence-corrected chi connectivity index (χ4v) is 1.08. The lowest BCUT2D eigenvalue weighted by Crippen LogP contribution is -2.31.